The van der Waals surface area contributed by atoms with E-state index in [0.717, 1.165) is 12.8 Å². The van der Waals surface area contributed by atoms with Gasteiger partial charge in [-0.05, 0) is 26.7 Å². The third kappa shape index (κ3) is 1.67. The first-order chi connectivity index (χ1) is 6.53. The van der Waals surface area contributed by atoms with E-state index in [0.29, 0.717) is 6.54 Å². The molecule has 0 aromatic heterocycles. The molecule has 0 bridgehead atoms. The molecule has 0 unspecified atom stereocenters. The van der Waals surface area contributed by atoms with Gasteiger partial charge in [0.25, 0.3) is 0 Å². The number of fused-ring (bicyclic) bond motifs is 1. The van der Waals surface area contributed by atoms with Gasteiger partial charge < -0.3 is 20.3 Å². The van der Waals surface area contributed by atoms with Crippen LogP contribution in [0.25, 0.3) is 0 Å². The number of ether oxygens (including phenoxy) is 2. The maximum absolute atomic E-state index is 9.71. The monoisotopic (exact) mass is 201 g/mol. The van der Waals surface area contributed by atoms with E-state index in [9.17, 15) is 5.11 Å². The van der Waals surface area contributed by atoms with Gasteiger partial charge >= 0.3 is 0 Å². The van der Waals surface area contributed by atoms with Gasteiger partial charge in [-0.25, -0.2) is 0 Å². The molecule has 0 aromatic rings. The fraction of sp³-hybridized carbons (Fsp3) is 1.00. The Balaban J connectivity index is 2.04. The molecule has 1 aliphatic heterocycles. The van der Waals surface area contributed by atoms with E-state index in [4.69, 9.17) is 15.2 Å². The van der Waals surface area contributed by atoms with Gasteiger partial charge in [0.15, 0.2) is 5.79 Å². The smallest absolute Gasteiger partial charge is 0.163 e. The van der Waals surface area contributed by atoms with Gasteiger partial charge in [-0.3, -0.25) is 0 Å². The lowest BCUT2D eigenvalue weighted by molar-refractivity contribution is -0.160. The van der Waals surface area contributed by atoms with E-state index in [2.05, 4.69) is 0 Å². The van der Waals surface area contributed by atoms with Gasteiger partial charge in [-0.1, -0.05) is 0 Å². The molecular formula is C10H19NO3. The van der Waals surface area contributed by atoms with Crippen molar-refractivity contribution >= 4 is 0 Å². The van der Waals surface area contributed by atoms with Crippen molar-refractivity contribution in [2.75, 3.05) is 6.54 Å². The number of hydrogen-bond acceptors (Lipinski definition) is 4. The van der Waals surface area contributed by atoms with E-state index in [1.54, 1.807) is 0 Å². The van der Waals surface area contributed by atoms with E-state index >= 15 is 0 Å². The first-order valence-corrected chi connectivity index (χ1v) is 5.27. The average molecular weight is 201 g/mol. The highest BCUT2D eigenvalue weighted by Crippen LogP contribution is 2.42. The van der Waals surface area contributed by atoms with Crippen molar-refractivity contribution in [2.24, 2.45) is 11.7 Å². The third-order valence-corrected chi connectivity index (χ3v) is 3.16. The largest absolute Gasteiger partial charge is 0.391 e. The second-order valence-corrected chi connectivity index (χ2v) is 4.68. The number of aliphatic hydroxyl groups excluding tert-OH is 1. The molecule has 1 aliphatic carbocycles. The van der Waals surface area contributed by atoms with Gasteiger partial charge in [0.05, 0.1) is 18.3 Å². The van der Waals surface area contributed by atoms with Crippen molar-refractivity contribution in [3.63, 3.8) is 0 Å². The van der Waals surface area contributed by atoms with Crippen LogP contribution < -0.4 is 5.73 Å². The molecule has 2 aliphatic rings. The molecule has 4 heteroatoms. The Kier molecular flexibility index (Phi) is 2.55. The van der Waals surface area contributed by atoms with Gasteiger partial charge in [0.1, 0.15) is 0 Å². The lowest BCUT2D eigenvalue weighted by atomic mass is 9.98. The highest BCUT2D eigenvalue weighted by molar-refractivity contribution is 4.95. The number of hydrogen-bond donors (Lipinski definition) is 2. The van der Waals surface area contributed by atoms with Crippen LogP contribution in [0.3, 0.4) is 0 Å². The summed E-state index contributed by atoms with van der Waals surface area (Å²) in [6, 6.07) is 0. The van der Waals surface area contributed by atoms with E-state index < -0.39 is 11.9 Å². The quantitative estimate of drug-likeness (QED) is 0.671. The lowest BCUT2D eigenvalue weighted by Gasteiger charge is -2.24. The van der Waals surface area contributed by atoms with Crippen molar-refractivity contribution in [1.29, 1.82) is 0 Å². The standard InChI is InChI=1S/C10H19NO3/c1-10(2)13-8-4-3-6(7(12)5-11)9(8)14-10/h6-9,12H,3-5,11H2,1-2H3/t6-,7-,8+,9-/m0/s1. The maximum Gasteiger partial charge on any atom is 0.163 e. The summed E-state index contributed by atoms with van der Waals surface area (Å²) in [5, 5.41) is 9.71. The minimum absolute atomic E-state index is 0.0311. The maximum atomic E-state index is 9.71. The Hall–Kier alpha value is -0.160. The molecule has 2 rings (SSSR count). The van der Waals surface area contributed by atoms with E-state index in [1.165, 1.54) is 0 Å². The predicted molar refractivity (Wildman–Crippen MR) is 51.6 cm³/mol. The molecule has 1 saturated heterocycles. The Labute approximate surface area is 84.4 Å². The number of rotatable bonds is 2. The molecule has 2 fully saturated rings. The molecule has 3 N–H and O–H groups in total. The van der Waals surface area contributed by atoms with Crippen LogP contribution in [0.1, 0.15) is 26.7 Å². The molecule has 0 radical (unpaired) electrons. The van der Waals surface area contributed by atoms with E-state index in [-0.39, 0.29) is 18.1 Å². The molecule has 14 heavy (non-hydrogen) atoms. The van der Waals surface area contributed by atoms with Crippen LogP contribution in [0.15, 0.2) is 0 Å². The summed E-state index contributed by atoms with van der Waals surface area (Å²) < 4.78 is 11.5. The summed E-state index contributed by atoms with van der Waals surface area (Å²) in [5.41, 5.74) is 5.46. The van der Waals surface area contributed by atoms with Crippen LogP contribution in [0.2, 0.25) is 0 Å². The first kappa shape index (κ1) is 10.4. The van der Waals surface area contributed by atoms with Gasteiger partial charge in [-0.15, -0.1) is 0 Å². The van der Waals surface area contributed by atoms with Crippen LogP contribution in [0.5, 0.6) is 0 Å². The molecule has 4 atom stereocenters. The Bertz CT molecular complexity index is 219. The summed E-state index contributed by atoms with van der Waals surface area (Å²) in [5.74, 6) is -0.353. The third-order valence-electron chi connectivity index (χ3n) is 3.16. The van der Waals surface area contributed by atoms with Crippen LogP contribution in [-0.2, 0) is 9.47 Å². The highest BCUT2D eigenvalue weighted by Gasteiger charge is 2.50. The minimum atomic E-state index is -0.498. The van der Waals surface area contributed by atoms with E-state index in [1.807, 2.05) is 13.8 Å². The molecular weight excluding hydrogens is 182 g/mol. The molecule has 82 valence electrons. The normalized spacial score (nSPS) is 42.4. The Morgan fingerprint density at radius 1 is 1.43 bits per heavy atom. The zero-order chi connectivity index (χ0) is 10.3. The first-order valence-electron chi connectivity index (χ1n) is 5.27. The van der Waals surface area contributed by atoms with Crippen LogP contribution >= 0.6 is 0 Å². The second kappa shape index (κ2) is 3.45. The van der Waals surface area contributed by atoms with Crippen molar-refractivity contribution in [3.05, 3.63) is 0 Å². The molecule has 4 nitrogen and oxygen atoms in total. The molecule has 0 spiro atoms. The summed E-state index contributed by atoms with van der Waals surface area (Å²) in [4.78, 5) is 0. The summed E-state index contributed by atoms with van der Waals surface area (Å²) in [6.07, 6.45) is 1.64. The number of aliphatic hydroxyl groups is 1. The van der Waals surface area contributed by atoms with Crippen LogP contribution in [-0.4, -0.2) is 35.8 Å². The fourth-order valence-corrected chi connectivity index (χ4v) is 2.56. The SMILES string of the molecule is CC1(C)O[C@H]2[C@H]([C@@H](O)CN)CC[C@H]2O1. The second-order valence-electron chi connectivity index (χ2n) is 4.68. The summed E-state index contributed by atoms with van der Waals surface area (Å²) in [7, 11) is 0. The summed E-state index contributed by atoms with van der Waals surface area (Å²) >= 11 is 0. The lowest BCUT2D eigenvalue weighted by Crippen LogP contribution is -2.37. The van der Waals surface area contributed by atoms with Gasteiger partial charge in [0, 0.05) is 12.5 Å². The zero-order valence-corrected chi connectivity index (χ0v) is 8.77. The summed E-state index contributed by atoms with van der Waals surface area (Å²) in [6.45, 7) is 4.13. The van der Waals surface area contributed by atoms with Crippen LogP contribution in [0, 0.1) is 5.92 Å². The van der Waals surface area contributed by atoms with Crippen LogP contribution in [0.4, 0.5) is 0 Å². The van der Waals surface area contributed by atoms with Gasteiger partial charge in [-0.2, -0.15) is 0 Å². The molecule has 0 aromatic carbocycles. The highest BCUT2D eigenvalue weighted by atomic mass is 16.8. The van der Waals surface area contributed by atoms with Gasteiger partial charge in [0.2, 0.25) is 0 Å². The Morgan fingerprint density at radius 3 is 2.79 bits per heavy atom. The molecule has 1 saturated carbocycles. The predicted octanol–water partition coefficient (Wildman–Crippen LogP) is 0.236. The average Bonchev–Trinajstić information content (AvgIpc) is 2.58. The Morgan fingerprint density at radius 2 is 2.14 bits per heavy atom. The topological polar surface area (TPSA) is 64.7 Å². The molecule has 0 amide bonds. The number of nitrogens with two attached hydrogens (primary N) is 1. The zero-order valence-electron chi connectivity index (χ0n) is 8.77. The van der Waals surface area contributed by atoms with Crippen molar-refractivity contribution < 1.29 is 14.6 Å². The molecule has 1 heterocycles. The van der Waals surface area contributed by atoms with Crippen molar-refractivity contribution in [1.82, 2.24) is 0 Å². The fourth-order valence-electron chi connectivity index (χ4n) is 2.56. The van der Waals surface area contributed by atoms with Crippen molar-refractivity contribution in [3.8, 4) is 0 Å². The van der Waals surface area contributed by atoms with Crippen molar-refractivity contribution in [2.45, 2.75) is 50.8 Å². The minimum Gasteiger partial charge on any atom is -0.391 e.